The summed E-state index contributed by atoms with van der Waals surface area (Å²) >= 11 is 5.99. The first-order valence-electron chi connectivity index (χ1n) is 9.86. The highest BCUT2D eigenvalue weighted by atomic mass is 35.5. The van der Waals surface area contributed by atoms with Gasteiger partial charge in [-0.2, -0.15) is 0 Å². The Bertz CT molecular complexity index is 1050. The van der Waals surface area contributed by atoms with E-state index in [1.165, 1.54) is 11.0 Å². The van der Waals surface area contributed by atoms with Crippen molar-refractivity contribution >= 4 is 23.4 Å². The van der Waals surface area contributed by atoms with Gasteiger partial charge in [-0.15, -0.1) is 0 Å². The fourth-order valence-electron chi connectivity index (χ4n) is 3.72. The standard InChI is InChI=1S/C19H18ClFN2O2.C5H5N/c1-11-4-2-3-5-13(11)19(25)23(10-18(22)24)17-7-6-14-15(17)8-12(20)9-16(14)21;1-2-4-6-5-3-1/h2-5,8-9,17H,6-7,10H2,1H3,(H2,22,24);1-5H. The number of amides is 2. The monoisotopic (exact) mass is 439 g/mol. The summed E-state index contributed by atoms with van der Waals surface area (Å²) in [4.78, 5) is 29.8. The molecule has 1 heterocycles. The van der Waals surface area contributed by atoms with Gasteiger partial charge in [-0.05, 0) is 66.8 Å². The van der Waals surface area contributed by atoms with Gasteiger partial charge in [0.15, 0.2) is 0 Å². The van der Waals surface area contributed by atoms with Crippen LogP contribution in [0.5, 0.6) is 0 Å². The number of fused-ring (bicyclic) bond motifs is 1. The van der Waals surface area contributed by atoms with Crippen molar-refractivity contribution in [1.29, 1.82) is 0 Å². The van der Waals surface area contributed by atoms with Gasteiger partial charge in [0.25, 0.3) is 5.91 Å². The van der Waals surface area contributed by atoms with Gasteiger partial charge in [0, 0.05) is 23.0 Å². The molecule has 1 aliphatic carbocycles. The van der Waals surface area contributed by atoms with Crippen molar-refractivity contribution in [2.75, 3.05) is 6.54 Å². The van der Waals surface area contributed by atoms with Crippen LogP contribution >= 0.6 is 11.6 Å². The molecule has 0 spiro atoms. The van der Waals surface area contributed by atoms with Crippen molar-refractivity contribution in [3.63, 3.8) is 0 Å². The third kappa shape index (κ3) is 5.47. The van der Waals surface area contributed by atoms with Crippen LogP contribution < -0.4 is 5.73 Å². The predicted octanol–water partition coefficient (Wildman–Crippen LogP) is 4.48. The lowest BCUT2D eigenvalue weighted by Crippen LogP contribution is -2.40. The van der Waals surface area contributed by atoms with E-state index in [0.717, 1.165) is 5.56 Å². The first-order valence-corrected chi connectivity index (χ1v) is 10.2. The van der Waals surface area contributed by atoms with E-state index in [1.54, 1.807) is 30.6 Å². The summed E-state index contributed by atoms with van der Waals surface area (Å²) in [5.41, 5.74) is 7.85. The molecule has 31 heavy (non-hydrogen) atoms. The normalized spacial score (nSPS) is 14.2. The molecular weight excluding hydrogens is 417 g/mol. The summed E-state index contributed by atoms with van der Waals surface area (Å²) in [5, 5.41) is 0.269. The van der Waals surface area contributed by atoms with E-state index < -0.39 is 11.9 Å². The van der Waals surface area contributed by atoms with Crippen LogP contribution in [0.4, 0.5) is 4.39 Å². The summed E-state index contributed by atoms with van der Waals surface area (Å²) in [6, 6.07) is 15.4. The fourth-order valence-corrected chi connectivity index (χ4v) is 3.93. The third-order valence-electron chi connectivity index (χ3n) is 5.13. The van der Waals surface area contributed by atoms with Crippen LogP contribution in [0.15, 0.2) is 67.0 Å². The maximum absolute atomic E-state index is 14.2. The molecule has 160 valence electrons. The Hall–Kier alpha value is -3.25. The Morgan fingerprint density at radius 3 is 2.45 bits per heavy atom. The molecule has 4 rings (SSSR count). The molecule has 0 fully saturated rings. The van der Waals surface area contributed by atoms with Crippen molar-refractivity contribution < 1.29 is 14.0 Å². The van der Waals surface area contributed by atoms with E-state index in [4.69, 9.17) is 17.3 Å². The summed E-state index contributed by atoms with van der Waals surface area (Å²) in [6.45, 7) is 1.60. The average Bonchev–Trinajstić information content (AvgIpc) is 3.17. The number of primary amides is 1. The fraction of sp³-hybridized carbons (Fsp3) is 0.208. The SMILES string of the molecule is Cc1ccccc1C(=O)N(CC(N)=O)C1CCc2c(F)cc(Cl)cc21.c1ccncc1. The number of nitrogens with two attached hydrogens (primary N) is 1. The van der Waals surface area contributed by atoms with E-state index in [2.05, 4.69) is 4.98 Å². The quantitative estimate of drug-likeness (QED) is 0.651. The molecule has 1 aromatic heterocycles. The van der Waals surface area contributed by atoms with Crippen molar-refractivity contribution in [1.82, 2.24) is 9.88 Å². The third-order valence-corrected chi connectivity index (χ3v) is 5.34. The Morgan fingerprint density at radius 2 is 1.87 bits per heavy atom. The number of hydrogen-bond donors (Lipinski definition) is 1. The summed E-state index contributed by atoms with van der Waals surface area (Å²) in [6.07, 6.45) is 4.51. The van der Waals surface area contributed by atoms with Gasteiger partial charge in [-0.3, -0.25) is 14.6 Å². The number of aromatic nitrogens is 1. The molecule has 0 aliphatic heterocycles. The lowest BCUT2D eigenvalue weighted by Gasteiger charge is -2.29. The molecule has 2 aromatic carbocycles. The molecule has 0 saturated carbocycles. The number of carbonyl (C=O) groups is 2. The van der Waals surface area contributed by atoms with Crippen LogP contribution in [0.1, 0.15) is 39.5 Å². The van der Waals surface area contributed by atoms with Crippen LogP contribution in [0.25, 0.3) is 0 Å². The summed E-state index contributed by atoms with van der Waals surface area (Å²) in [5.74, 6) is -1.29. The smallest absolute Gasteiger partial charge is 0.255 e. The number of pyridine rings is 1. The Balaban J connectivity index is 0.000000391. The highest BCUT2D eigenvalue weighted by Gasteiger charge is 2.34. The molecule has 3 aromatic rings. The molecule has 2 amide bonds. The first kappa shape index (κ1) is 22.4. The van der Waals surface area contributed by atoms with E-state index >= 15 is 0 Å². The van der Waals surface area contributed by atoms with Crippen LogP contribution in [0.2, 0.25) is 5.02 Å². The average molecular weight is 440 g/mol. The number of aryl methyl sites for hydroxylation is 1. The molecule has 1 aliphatic rings. The number of halogens is 2. The minimum absolute atomic E-state index is 0.231. The zero-order valence-corrected chi connectivity index (χ0v) is 17.8. The molecule has 7 heteroatoms. The lowest BCUT2D eigenvalue weighted by atomic mass is 10.0. The highest BCUT2D eigenvalue weighted by Crippen LogP contribution is 2.39. The number of nitrogens with zero attached hydrogens (tertiary/aromatic N) is 2. The van der Waals surface area contributed by atoms with Crippen molar-refractivity contribution in [2.45, 2.75) is 25.8 Å². The Morgan fingerprint density at radius 1 is 1.16 bits per heavy atom. The van der Waals surface area contributed by atoms with Crippen LogP contribution in [0.3, 0.4) is 0 Å². The van der Waals surface area contributed by atoms with E-state index in [0.29, 0.717) is 29.5 Å². The van der Waals surface area contributed by atoms with Crippen LogP contribution in [0, 0.1) is 12.7 Å². The molecule has 0 saturated heterocycles. The van der Waals surface area contributed by atoms with Crippen molar-refractivity contribution in [3.05, 3.63) is 100 Å². The summed E-state index contributed by atoms with van der Waals surface area (Å²) in [7, 11) is 0. The minimum Gasteiger partial charge on any atom is -0.368 e. The number of hydrogen-bond acceptors (Lipinski definition) is 3. The van der Waals surface area contributed by atoms with Crippen LogP contribution in [-0.2, 0) is 11.2 Å². The second-order valence-corrected chi connectivity index (χ2v) is 7.69. The van der Waals surface area contributed by atoms with Gasteiger partial charge in [-0.1, -0.05) is 35.9 Å². The summed E-state index contributed by atoms with van der Waals surface area (Å²) < 4.78 is 14.2. The number of carbonyl (C=O) groups excluding carboxylic acids is 2. The zero-order valence-electron chi connectivity index (χ0n) is 17.1. The zero-order chi connectivity index (χ0) is 22.4. The molecular formula is C24H23ClFN3O2. The van der Waals surface area contributed by atoms with Gasteiger partial charge in [0.1, 0.15) is 12.4 Å². The van der Waals surface area contributed by atoms with Crippen molar-refractivity contribution in [2.24, 2.45) is 5.73 Å². The molecule has 0 bridgehead atoms. The Kier molecular flexibility index (Phi) is 7.36. The van der Waals surface area contributed by atoms with Gasteiger partial charge in [-0.25, -0.2) is 4.39 Å². The topological polar surface area (TPSA) is 76.3 Å². The number of rotatable bonds is 4. The molecule has 1 atom stereocenters. The first-order chi connectivity index (χ1) is 14.9. The van der Waals surface area contributed by atoms with E-state index in [1.807, 2.05) is 37.3 Å². The Labute approximate surface area is 185 Å². The minimum atomic E-state index is -0.613. The maximum atomic E-state index is 14.2. The molecule has 2 N–H and O–H groups in total. The van der Waals surface area contributed by atoms with Gasteiger partial charge in [0.05, 0.1) is 6.04 Å². The largest absolute Gasteiger partial charge is 0.368 e. The second-order valence-electron chi connectivity index (χ2n) is 7.25. The second kappa shape index (κ2) is 10.2. The van der Waals surface area contributed by atoms with E-state index in [-0.39, 0.29) is 23.3 Å². The molecule has 5 nitrogen and oxygen atoms in total. The molecule has 1 unspecified atom stereocenters. The highest BCUT2D eigenvalue weighted by molar-refractivity contribution is 6.30. The predicted molar refractivity (Wildman–Crippen MR) is 118 cm³/mol. The maximum Gasteiger partial charge on any atom is 0.255 e. The van der Waals surface area contributed by atoms with Gasteiger partial charge >= 0.3 is 0 Å². The molecule has 0 radical (unpaired) electrons. The van der Waals surface area contributed by atoms with Crippen LogP contribution in [-0.4, -0.2) is 28.2 Å². The lowest BCUT2D eigenvalue weighted by molar-refractivity contribution is -0.119. The number of benzene rings is 2. The van der Waals surface area contributed by atoms with Gasteiger partial charge in [0.2, 0.25) is 5.91 Å². The van der Waals surface area contributed by atoms with E-state index in [9.17, 15) is 14.0 Å². The van der Waals surface area contributed by atoms with Gasteiger partial charge < -0.3 is 10.6 Å². The van der Waals surface area contributed by atoms with Crippen molar-refractivity contribution in [3.8, 4) is 0 Å².